The minimum atomic E-state index is -1.18. The number of nitrogens with one attached hydrogen (secondary N) is 1. The first kappa shape index (κ1) is 17.7. The smallest absolute Gasteiger partial charge is 0.247 e. The van der Waals surface area contributed by atoms with Gasteiger partial charge in [0.1, 0.15) is 0 Å². The fraction of sp³-hybridized carbons (Fsp3) is 0.526. The fourth-order valence-electron chi connectivity index (χ4n) is 4.71. The number of halogens is 1. The lowest BCUT2D eigenvalue weighted by atomic mass is 9.66. The van der Waals surface area contributed by atoms with E-state index in [4.69, 9.17) is 23.8 Å². The topological polar surface area (TPSA) is 52.7 Å². The molecule has 0 aromatic heterocycles. The van der Waals surface area contributed by atoms with Gasteiger partial charge in [-0.25, -0.2) is 0 Å². The first-order chi connectivity index (χ1) is 12.4. The summed E-state index contributed by atoms with van der Waals surface area (Å²) in [5, 5.41) is 3.62. The van der Waals surface area contributed by atoms with Crippen molar-refractivity contribution in [2.24, 2.45) is 5.41 Å². The summed E-state index contributed by atoms with van der Waals surface area (Å²) in [4.78, 5) is 30.7. The Morgan fingerprint density at radius 3 is 2.81 bits per heavy atom. The number of hydrogen-bond donors (Lipinski definition) is 1. The Labute approximate surface area is 163 Å². The SMILES string of the molecule is CC(C)N1C(=O)C2(Cc3c(Cl)cccc3N3CCCCC32)C(=O)NC1=S. The van der Waals surface area contributed by atoms with Gasteiger partial charge in [0.05, 0.1) is 6.04 Å². The molecule has 1 spiro atoms. The van der Waals surface area contributed by atoms with Gasteiger partial charge in [0, 0.05) is 29.7 Å². The zero-order valence-corrected chi connectivity index (χ0v) is 16.5. The van der Waals surface area contributed by atoms with Crippen molar-refractivity contribution >= 4 is 46.4 Å². The molecule has 5 nitrogen and oxygen atoms in total. The first-order valence-corrected chi connectivity index (χ1v) is 9.89. The second-order valence-corrected chi connectivity index (χ2v) is 8.41. The van der Waals surface area contributed by atoms with Crippen molar-refractivity contribution in [2.75, 3.05) is 11.4 Å². The zero-order valence-electron chi connectivity index (χ0n) is 14.9. The molecule has 2 unspecified atom stereocenters. The summed E-state index contributed by atoms with van der Waals surface area (Å²) in [5.41, 5.74) is 0.760. The molecular formula is C19H22ClN3O2S. The van der Waals surface area contributed by atoms with Crippen LogP contribution in [0.25, 0.3) is 0 Å². The summed E-state index contributed by atoms with van der Waals surface area (Å²) in [6, 6.07) is 5.52. The summed E-state index contributed by atoms with van der Waals surface area (Å²) in [6.45, 7) is 4.65. The van der Waals surface area contributed by atoms with E-state index in [1.807, 2.05) is 32.0 Å². The maximum atomic E-state index is 13.6. The van der Waals surface area contributed by atoms with E-state index in [1.165, 1.54) is 0 Å². The maximum Gasteiger partial charge on any atom is 0.247 e. The monoisotopic (exact) mass is 391 g/mol. The predicted octanol–water partition coefficient (Wildman–Crippen LogP) is 2.89. The van der Waals surface area contributed by atoms with Crippen LogP contribution < -0.4 is 10.2 Å². The normalized spacial score (nSPS) is 28.3. The molecule has 2 saturated heterocycles. The largest absolute Gasteiger partial charge is 0.367 e. The van der Waals surface area contributed by atoms with E-state index in [9.17, 15) is 9.59 Å². The molecule has 2 amide bonds. The van der Waals surface area contributed by atoms with Crippen molar-refractivity contribution in [1.29, 1.82) is 0 Å². The van der Waals surface area contributed by atoms with Crippen LogP contribution in [0.5, 0.6) is 0 Å². The second kappa shape index (κ2) is 6.20. The number of thiocarbonyl (C=S) groups is 1. The molecule has 3 aliphatic rings. The van der Waals surface area contributed by atoms with E-state index in [2.05, 4.69) is 10.2 Å². The van der Waals surface area contributed by atoms with E-state index in [1.54, 1.807) is 4.90 Å². The van der Waals surface area contributed by atoms with Crippen LogP contribution in [-0.4, -0.2) is 40.5 Å². The average Bonchev–Trinajstić information content (AvgIpc) is 2.60. The zero-order chi connectivity index (χ0) is 18.6. The van der Waals surface area contributed by atoms with Crippen LogP contribution in [0.4, 0.5) is 5.69 Å². The van der Waals surface area contributed by atoms with Gasteiger partial charge in [-0.15, -0.1) is 0 Å². The molecular weight excluding hydrogens is 370 g/mol. The van der Waals surface area contributed by atoms with Crippen LogP contribution in [0.3, 0.4) is 0 Å². The molecule has 0 bridgehead atoms. The molecule has 3 heterocycles. The van der Waals surface area contributed by atoms with Gasteiger partial charge in [-0.1, -0.05) is 17.7 Å². The average molecular weight is 392 g/mol. The third-order valence-electron chi connectivity index (χ3n) is 5.89. The molecule has 4 rings (SSSR count). The Morgan fingerprint density at radius 2 is 2.08 bits per heavy atom. The standard InChI is InChI=1S/C19H22ClN3O2S/c1-11(2)23-17(25)19(16(24)21-18(23)26)10-12-13(20)6-5-7-14(12)22-9-4-3-8-15(19)22/h5-7,11,15H,3-4,8-10H2,1-2H3,(H,21,24,26). The second-order valence-electron chi connectivity index (χ2n) is 7.62. The molecule has 3 aliphatic heterocycles. The van der Waals surface area contributed by atoms with Gasteiger partial charge < -0.3 is 10.2 Å². The van der Waals surface area contributed by atoms with Crippen molar-refractivity contribution in [3.8, 4) is 0 Å². The number of anilines is 1. The van der Waals surface area contributed by atoms with Gasteiger partial charge >= 0.3 is 0 Å². The van der Waals surface area contributed by atoms with Gasteiger partial charge in [0.15, 0.2) is 10.5 Å². The number of hydrogen-bond acceptors (Lipinski definition) is 4. The number of fused-ring (bicyclic) bond motifs is 4. The Balaban J connectivity index is 1.91. The van der Waals surface area contributed by atoms with Crippen molar-refractivity contribution in [2.45, 2.75) is 51.6 Å². The first-order valence-electron chi connectivity index (χ1n) is 9.11. The highest BCUT2D eigenvalue weighted by molar-refractivity contribution is 7.80. The molecule has 7 heteroatoms. The van der Waals surface area contributed by atoms with E-state index in [0.29, 0.717) is 11.4 Å². The quantitative estimate of drug-likeness (QED) is 0.590. The predicted molar refractivity (Wildman–Crippen MR) is 105 cm³/mol. The maximum absolute atomic E-state index is 13.6. The fourth-order valence-corrected chi connectivity index (χ4v) is 5.34. The number of nitrogens with zero attached hydrogens (tertiary/aromatic N) is 2. The molecule has 0 saturated carbocycles. The summed E-state index contributed by atoms with van der Waals surface area (Å²) in [6.07, 6.45) is 3.18. The molecule has 2 fully saturated rings. The minimum Gasteiger partial charge on any atom is -0.367 e. The Bertz CT molecular complexity index is 812. The third kappa shape index (κ3) is 2.31. The van der Waals surface area contributed by atoms with Crippen molar-refractivity contribution in [3.63, 3.8) is 0 Å². The third-order valence-corrected chi connectivity index (χ3v) is 6.54. The Hall–Kier alpha value is -1.66. The number of piperidine rings is 1. The molecule has 1 N–H and O–H groups in total. The van der Waals surface area contributed by atoms with Gasteiger partial charge in [-0.3, -0.25) is 14.5 Å². The minimum absolute atomic E-state index is 0.114. The van der Waals surface area contributed by atoms with E-state index in [-0.39, 0.29) is 29.0 Å². The number of carbonyl (C=O) groups excluding carboxylic acids is 2. The number of benzene rings is 1. The highest BCUT2D eigenvalue weighted by Crippen LogP contribution is 2.49. The lowest BCUT2D eigenvalue weighted by molar-refractivity contribution is -0.153. The van der Waals surface area contributed by atoms with Crippen LogP contribution >= 0.6 is 23.8 Å². The van der Waals surface area contributed by atoms with Gasteiger partial charge in [0.2, 0.25) is 11.8 Å². The van der Waals surface area contributed by atoms with E-state index in [0.717, 1.165) is 37.1 Å². The lowest BCUT2D eigenvalue weighted by Gasteiger charge is -2.54. The van der Waals surface area contributed by atoms with Crippen LogP contribution in [0.2, 0.25) is 5.02 Å². The highest BCUT2D eigenvalue weighted by atomic mass is 35.5. The van der Waals surface area contributed by atoms with Crippen LogP contribution in [0, 0.1) is 5.41 Å². The summed E-state index contributed by atoms with van der Waals surface area (Å²) in [7, 11) is 0. The number of amides is 2. The molecule has 138 valence electrons. The summed E-state index contributed by atoms with van der Waals surface area (Å²) >= 11 is 11.8. The highest BCUT2D eigenvalue weighted by Gasteiger charge is 2.61. The van der Waals surface area contributed by atoms with Gasteiger partial charge in [-0.2, -0.15) is 0 Å². The van der Waals surface area contributed by atoms with E-state index >= 15 is 0 Å². The molecule has 0 radical (unpaired) electrons. The van der Waals surface area contributed by atoms with Crippen LogP contribution in [0.1, 0.15) is 38.7 Å². The summed E-state index contributed by atoms with van der Waals surface area (Å²) in [5.74, 6) is -0.476. The summed E-state index contributed by atoms with van der Waals surface area (Å²) < 4.78 is 0. The van der Waals surface area contributed by atoms with E-state index < -0.39 is 5.41 Å². The number of carbonyl (C=O) groups is 2. The molecule has 1 aromatic rings. The van der Waals surface area contributed by atoms with Crippen LogP contribution in [-0.2, 0) is 16.0 Å². The Morgan fingerprint density at radius 1 is 1.31 bits per heavy atom. The van der Waals surface area contributed by atoms with Crippen LogP contribution in [0.15, 0.2) is 18.2 Å². The van der Waals surface area contributed by atoms with Gasteiger partial charge in [0.25, 0.3) is 0 Å². The van der Waals surface area contributed by atoms with Crippen molar-refractivity contribution < 1.29 is 9.59 Å². The Kier molecular flexibility index (Phi) is 4.23. The van der Waals surface area contributed by atoms with Crippen molar-refractivity contribution in [3.05, 3.63) is 28.8 Å². The molecule has 26 heavy (non-hydrogen) atoms. The van der Waals surface area contributed by atoms with Crippen molar-refractivity contribution in [1.82, 2.24) is 10.2 Å². The molecule has 2 atom stereocenters. The number of rotatable bonds is 1. The molecule has 0 aliphatic carbocycles. The van der Waals surface area contributed by atoms with Gasteiger partial charge in [-0.05, 0) is 63.0 Å². The lowest BCUT2D eigenvalue weighted by Crippen LogP contribution is -2.73. The molecule has 1 aromatic carbocycles.